The molecule has 6 fully saturated rings. The predicted molar refractivity (Wildman–Crippen MR) is 152 cm³/mol. The van der Waals surface area contributed by atoms with Gasteiger partial charge in [-0.25, -0.2) is 0 Å². The maximum absolute atomic E-state index is 11.1. The Bertz CT molecular complexity index is 888. The van der Waals surface area contributed by atoms with Crippen molar-refractivity contribution in [3.63, 3.8) is 0 Å². The average molecular weight is 529 g/mol. The summed E-state index contributed by atoms with van der Waals surface area (Å²) in [5.41, 5.74) is 1.62. The fraction of sp³-hybridized carbons (Fsp3) is 0.941. The van der Waals surface area contributed by atoms with Crippen molar-refractivity contribution in [3.05, 3.63) is 12.2 Å². The molecule has 0 amide bonds. The van der Waals surface area contributed by atoms with Gasteiger partial charge in [0, 0.05) is 18.4 Å². The average Bonchev–Trinajstić information content (AvgIpc) is 3.20. The molecule has 4 nitrogen and oxygen atoms in total. The maximum Gasteiger partial charge on any atom is 0.0930 e. The third kappa shape index (κ3) is 4.96. The highest BCUT2D eigenvalue weighted by Gasteiger charge is 2.66. The third-order valence-corrected chi connectivity index (χ3v) is 13.3. The van der Waals surface area contributed by atoms with Gasteiger partial charge >= 0.3 is 0 Å². The highest BCUT2D eigenvalue weighted by molar-refractivity contribution is 5.23. The fourth-order valence-corrected chi connectivity index (χ4v) is 11.1. The Morgan fingerprint density at radius 2 is 1.79 bits per heavy atom. The number of hydrogen-bond acceptors (Lipinski definition) is 4. The highest BCUT2D eigenvalue weighted by atomic mass is 16.6. The van der Waals surface area contributed by atoms with E-state index >= 15 is 0 Å². The summed E-state index contributed by atoms with van der Waals surface area (Å²) in [6.45, 7) is 10.2. The Kier molecular flexibility index (Phi) is 7.40. The molecule has 0 bridgehead atoms. The first-order chi connectivity index (χ1) is 18.1. The third-order valence-electron chi connectivity index (χ3n) is 13.3. The number of aliphatic hydroxyl groups excluding tert-OH is 2. The quantitative estimate of drug-likeness (QED) is 0.247. The fourth-order valence-electron chi connectivity index (χ4n) is 11.1. The molecule has 1 saturated heterocycles. The lowest BCUT2D eigenvalue weighted by Crippen LogP contribution is -2.51. The molecular formula is C34H56O4. The molecule has 0 aromatic rings. The first-order valence-electron chi connectivity index (χ1n) is 16.4. The van der Waals surface area contributed by atoms with Gasteiger partial charge in [0.15, 0.2) is 0 Å². The molecule has 6 rings (SSSR count). The molecule has 0 aromatic carbocycles. The normalized spacial score (nSPS) is 52.6. The van der Waals surface area contributed by atoms with Crippen molar-refractivity contribution in [1.82, 2.24) is 0 Å². The standard InChI is InChI=1S/C34H56O4/c1-23-19-33(15-10-25(20-33)11-16-34(37)13-4-7-27(36)21-34)30-32(3,38-30)14-12-29-28(23)22-31(29,2)26-9-8-24(18-26)6-5-17-35/h24-30,35-37H,1,4-22H2,2-3H3/t24-,25+,26+,27-,28+,29+,30+,31+,32+,33+,34-/m0/s1. The molecule has 5 saturated carbocycles. The maximum atomic E-state index is 11.1. The van der Waals surface area contributed by atoms with E-state index in [4.69, 9.17) is 11.3 Å². The summed E-state index contributed by atoms with van der Waals surface area (Å²) in [6.07, 6.45) is 20.2. The molecule has 3 N–H and O–H groups in total. The van der Waals surface area contributed by atoms with Crippen LogP contribution in [0.1, 0.15) is 129 Å². The van der Waals surface area contributed by atoms with E-state index in [1.54, 1.807) is 0 Å². The Morgan fingerprint density at radius 1 is 0.947 bits per heavy atom. The molecular weight excluding hydrogens is 472 g/mol. The van der Waals surface area contributed by atoms with Crippen LogP contribution in [0.2, 0.25) is 0 Å². The molecule has 4 heteroatoms. The molecule has 5 aliphatic carbocycles. The van der Waals surface area contributed by atoms with Crippen LogP contribution in [0, 0.1) is 40.4 Å². The molecule has 1 aliphatic heterocycles. The summed E-state index contributed by atoms with van der Waals surface area (Å²) in [4.78, 5) is 0. The largest absolute Gasteiger partial charge is 0.396 e. The first kappa shape index (κ1) is 27.7. The van der Waals surface area contributed by atoms with Crippen LogP contribution in [0.4, 0.5) is 0 Å². The van der Waals surface area contributed by atoms with E-state index in [0.717, 1.165) is 62.7 Å². The van der Waals surface area contributed by atoms with Crippen LogP contribution in [0.5, 0.6) is 0 Å². The van der Waals surface area contributed by atoms with Gasteiger partial charge in [0.25, 0.3) is 0 Å². The summed E-state index contributed by atoms with van der Waals surface area (Å²) in [5, 5.41) is 30.6. The monoisotopic (exact) mass is 528 g/mol. The Morgan fingerprint density at radius 3 is 2.58 bits per heavy atom. The minimum absolute atomic E-state index is 0.0472. The summed E-state index contributed by atoms with van der Waals surface area (Å²) in [5.74, 6) is 3.79. The number of fused-ring (bicyclic) bond motifs is 3. The second-order valence-electron chi connectivity index (χ2n) is 15.8. The molecule has 0 unspecified atom stereocenters. The Hall–Kier alpha value is -0.420. The van der Waals surface area contributed by atoms with Gasteiger partial charge in [0.1, 0.15) is 0 Å². The smallest absolute Gasteiger partial charge is 0.0930 e. The Balaban J connectivity index is 1.11. The van der Waals surface area contributed by atoms with Gasteiger partial charge in [-0.15, -0.1) is 0 Å². The molecule has 38 heavy (non-hydrogen) atoms. The highest BCUT2D eigenvalue weighted by Crippen LogP contribution is 2.69. The van der Waals surface area contributed by atoms with Crippen molar-refractivity contribution in [2.75, 3.05) is 6.61 Å². The van der Waals surface area contributed by atoms with Crippen LogP contribution in [-0.4, -0.2) is 45.3 Å². The van der Waals surface area contributed by atoms with Crippen molar-refractivity contribution in [2.45, 2.75) is 153 Å². The minimum atomic E-state index is -0.652. The van der Waals surface area contributed by atoms with Crippen LogP contribution < -0.4 is 0 Å². The zero-order chi connectivity index (χ0) is 26.8. The van der Waals surface area contributed by atoms with Crippen molar-refractivity contribution in [3.8, 4) is 0 Å². The number of allylic oxidation sites excluding steroid dienone is 1. The zero-order valence-electron chi connectivity index (χ0n) is 24.4. The molecule has 0 radical (unpaired) electrons. The van der Waals surface area contributed by atoms with Crippen LogP contribution in [-0.2, 0) is 4.74 Å². The molecule has 6 aliphatic rings. The van der Waals surface area contributed by atoms with Crippen molar-refractivity contribution < 1.29 is 20.1 Å². The number of aliphatic hydroxyl groups is 3. The van der Waals surface area contributed by atoms with Gasteiger partial charge in [-0.05, 0) is 145 Å². The first-order valence-corrected chi connectivity index (χ1v) is 16.4. The van der Waals surface area contributed by atoms with Gasteiger partial charge in [0.2, 0.25) is 0 Å². The molecule has 216 valence electrons. The van der Waals surface area contributed by atoms with E-state index < -0.39 is 5.60 Å². The van der Waals surface area contributed by atoms with Gasteiger partial charge in [-0.3, -0.25) is 0 Å². The Labute approximate surface area is 232 Å². The number of ether oxygens (including phenoxy) is 1. The molecule has 1 spiro atoms. The van der Waals surface area contributed by atoms with Crippen molar-refractivity contribution in [2.24, 2.45) is 40.4 Å². The summed E-state index contributed by atoms with van der Waals surface area (Å²) in [6, 6.07) is 0. The summed E-state index contributed by atoms with van der Waals surface area (Å²) < 4.78 is 6.66. The van der Waals surface area contributed by atoms with Crippen LogP contribution >= 0.6 is 0 Å². The lowest BCUT2D eigenvalue weighted by Gasteiger charge is -2.58. The van der Waals surface area contributed by atoms with Gasteiger partial charge < -0.3 is 20.1 Å². The molecule has 11 atom stereocenters. The van der Waals surface area contributed by atoms with Gasteiger partial charge in [0.05, 0.1) is 23.4 Å². The second-order valence-corrected chi connectivity index (χ2v) is 15.8. The summed E-state index contributed by atoms with van der Waals surface area (Å²) in [7, 11) is 0. The van der Waals surface area contributed by atoms with Crippen LogP contribution in [0.25, 0.3) is 0 Å². The van der Waals surface area contributed by atoms with E-state index in [9.17, 15) is 15.3 Å². The van der Waals surface area contributed by atoms with E-state index in [1.807, 2.05) is 0 Å². The SMILES string of the molecule is C=C1C[C@@]2(CC[C@H](CC[C@@]3(O)CCC[C@H](O)C3)C2)[C@@H]2O[C@]2(C)CC[C@@H]2[C@@H]1C[C@]2(C)[C@@H]1CC[C@H](CCCO)C1. The lowest BCUT2D eigenvalue weighted by molar-refractivity contribution is -0.0695. The van der Waals surface area contributed by atoms with Gasteiger partial charge in [-0.2, -0.15) is 0 Å². The second kappa shape index (κ2) is 10.1. The molecule has 1 heterocycles. The van der Waals surface area contributed by atoms with Crippen LogP contribution in [0.15, 0.2) is 12.2 Å². The van der Waals surface area contributed by atoms with E-state index in [-0.39, 0.29) is 17.1 Å². The van der Waals surface area contributed by atoms with Crippen LogP contribution in [0.3, 0.4) is 0 Å². The number of epoxide rings is 1. The lowest BCUT2D eigenvalue weighted by atomic mass is 9.46. The van der Waals surface area contributed by atoms with E-state index in [1.165, 1.54) is 69.8 Å². The van der Waals surface area contributed by atoms with Crippen molar-refractivity contribution in [1.29, 1.82) is 0 Å². The number of hydrogen-bond donors (Lipinski definition) is 3. The number of rotatable bonds is 7. The van der Waals surface area contributed by atoms with Gasteiger partial charge in [-0.1, -0.05) is 25.5 Å². The topological polar surface area (TPSA) is 73.2 Å². The van der Waals surface area contributed by atoms with E-state index in [2.05, 4.69) is 13.8 Å². The minimum Gasteiger partial charge on any atom is -0.396 e. The van der Waals surface area contributed by atoms with Crippen molar-refractivity contribution >= 4 is 0 Å². The predicted octanol–water partition coefficient (Wildman–Crippen LogP) is 6.95. The summed E-state index contributed by atoms with van der Waals surface area (Å²) >= 11 is 0. The van der Waals surface area contributed by atoms with E-state index in [0.29, 0.717) is 36.4 Å². The zero-order valence-corrected chi connectivity index (χ0v) is 24.4. The molecule has 0 aromatic heterocycles.